The summed E-state index contributed by atoms with van der Waals surface area (Å²) in [5.74, 6) is -0.481. The molecule has 0 heterocycles. The Labute approximate surface area is 93.3 Å². The largest absolute Gasteiger partial charge is 0.410 e. The van der Waals surface area contributed by atoms with E-state index in [0.717, 1.165) is 6.07 Å². The first kappa shape index (κ1) is 11.6. The van der Waals surface area contributed by atoms with Gasteiger partial charge in [-0.15, -0.1) is 0 Å². The monoisotopic (exact) mass is 275 g/mol. The van der Waals surface area contributed by atoms with Crippen molar-refractivity contribution in [1.82, 2.24) is 0 Å². The molecule has 1 rings (SSSR count). The summed E-state index contributed by atoms with van der Waals surface area (Å²) in [6, 6.07) is 3.56. The van der Waals surface area contributed by atoms with Gasteiger partial charge in [-0.2, -0.15) is 0 Å². The van der Waals surface area contributed by atoms with Crippen LogP contribution in [0.25, 0.3) is 0 Å². The molecule has 0 aliphatic carbocycles. The smallest absolute Gasteiger partial charge is 0.409 e. The lowest BCUT2D eigenvalue weighted by Gasteiger charge is -2.07. The van der Waals surface area contributed by atoms with E-state index in [1.807, 2.05) is 0 Å². The minimum absolute atomic E-state index is 0.0868. The van der Waals surface area contributed by atoms with Crippen molar-refractivity contribution in [2.75, 3.05) is 0 Å². The summed E-state index contributed by atoms with van der Waals surface area (Å²) in [6.45, 7) is 0. The number of nitrogens with two attached hydrogens (primary N) is 1. The normalized spacial score (nSPS) is 11.9. The molecule has 0 aliphatic heterocycles. The van der Waals surface area contributed by atoms with Crippen molar-refractivity contribution >= 4 is 28.3 Å². The molecule has 0 bridgehead atoms. The number of aldehydes is 1. The predicted octanol–water partition coefficient (Wildman–Crippen LogP) is 1.92. The van der Waals surface area contributed by atoms with Gasteiger partial charge in [-0.05, 0) is 18.2 Å². The second kappa shape index (κ2) is 4.88. The molecule has 1 aromatic rings. The van der Waals surface area contributed by atoms with Crippen molar-refractivity contribution in [2.45, 2.75) is 4.83 Å². The number of alkyl halides is 1. The Morgan fingerprint density at radius 3 is 2.80 bits per heavy atom. The van der Waals surface area contributed by atoms with Crippen molar-refractivity contribution in [3.8, 4) is 5.75 Å². The van der Waals surface area contributed by atoms with Gasteiger partial charge in [0, 0.05) is 5.56 Å². The molecule has 0 saturated carbocycles. The van der Waals surface area contributed by atoms with Gasteiger partial charge in [-0.3, -0.25) is 0 Å². The van der Waals surface area contributed by atoms with Gasteiger partial charge < -0.3 is 15.3 Å². The van der Waals surface area contributed by atoms with Gasteiger partial charge >= 0.3 is 6.09 Å². The number of benzene rings is 1. The number of ether oxygens (including phenoxy) is 1. The number of carbonyl (C=O) groups excluding carboxylic acids is 2. The van der Waals surface area contributed by atoms with Gasteiger partial charge in [0.25, 0.3) is 0 Å². The van der Waals surface area contributed by atoms with Gasteiger partial charge in [0.1, 0.15) is 17.9 Å². The molecule has 0 radical (unpaired) electrons. The standard InChI is InChI=1S/C9H7BrFNO3/c10-7(4-13)6-3-5(15-9(12)14)1-2-8(6)11/h1-4,7H,(H2,12,14). The summed E-state index contributed by atoms with van der Waals surface area (Å²) >= 11 is 2.96. The highest BCUT2D eigenvalue weighted by Crippen LogP contribution is 2.26. The lowest BCUT2D eigenvalue weighted by atomic mass is 10.1. The molecule has 1 unspecified atom stereocenters. The molecule has 1 atom stereocenters. The highest BCUT2D eigenvalue weighted by molar-refractivity contribution is 9.09. The van der Waals surface area contributed by atoms with E-state index in [1.54, 1.807) is 0 Å². The van der Waals surface area contributed by atoms with Gasteiger partial charge in [0.05, 0.1) is 4.83 Å². The summed E-state index contributed by atoms with van der Waals surface area (Å²) in [4.78, 5) is 20.1. The third-order valence-electron chi connectivity index (χ3n) is 1.60. The van der Waals surface area contributed by atoms with Crippen LogP contribution in [0, 0.1) is 5.82 Å². The molecular formula is C9H7BrFNO3. The van der Waals surface area contributed by atoms with Crippen LogP contribution < -0.4 is 10.5 Å². The van der Waals surface area contributed by atoms with E-state index in [2.05, 4.69) is 20.7 Å². The summed E-state index contributed by atoms with van der Waals surface area (Å²) in [5.41, 5.74) is 4.87. The quantitative estimate of drug-likeness (QED) is 0.677. The van der Waals surface area contributed by atoms with E-state index in [-0.39, 0.29) is 11.3 Å². The van der Waals surface area contributed by atoms with Crippen molar-refractivity contribution in [3.63, 3.8) is 0 Å². The molecule has 0 aliphatic rings. The third-order valence-corrected chi connectivity index (χ3v) is 2.31. The van der Waals surface area contributed by atoms with Crippen LogP contribution in [0.5, 0.6) is 5.75 Å². The van der Waals surface area contributed by atoms with Crippen molar-refractivity contribution < 1.29 is 18.7 Å². The SMILES string of the molecule is NC(=O)Oc1ccc(F)c(C(Br)C=O)c1. The summed E-state index contributed by atoms with van der Waals surface area (Å²) < 4.78 is 17.7. The minimum atomic E-state index is -0.996. The maximum Gasteiger partial charge on any atom is 0.409 e. The van der Waals surface area contributed by atoms with E-state index >= 15 is 0 Å². The summed E-state index contributed by atoms with van der Waals surface area (Å²) in [6.07, 6.45) is -0.475. The molecule has 4 nitrogen and oxygen atoms in total. The fourth-order valence-corrected chi connectivity index (χ4v) is 1.34. The van der Waals surface area contributed by atoms with Gasteiger partial charge in [-0.1, -0.05) is 15.9 Å². The average molecular weight is 276 g/mol. The Kier molecular flexibility index (Phi) is 3.79. The molecule has 1 amide bonds. The zero-order valence-corrected chi connectivity index (χ0v) is 9.03. The Bertz CT molecular complexity index is 397. The van der Waals surface area contributed by atoms with Crippen LogP contribution >= 0.6 is 15.9 Å². The van der Waals surface area contributed by atoms with Crippen LogP contribution in [0.15, 0.2) is 18.2 Å². The highest BCUT2D eigenvalue weighted by Gasteiger charge is 2.13. The van der Waals surface area contributed by atoms with Gasteiger partial charge in [0.15, 0.2) is 0 Å². The fourth-order valence-electron chi connectivity index (χ4n) is 0.986. The first-order chi connectivity index (χ1) is 7.04. The number of rotatable bonds is 3. The number of primary amides is 1. The van der Waals surface area contributed by atoms with E-state index in [1.165, 1.54) is 12.1 Å². The van der Waals surface area contributed by atoms with Gasteiger partial charge in [-0.25, -0.2) is 9.18 Å². The summed E-state index contributed by atoms with van der Waals surface area (Å²) in [5, 5.41) is 0. The fraction of sp³-hybridized carbons (Fsp3) is 0.111. The zero-order chi connectivity index (χ0) is 11.4. The van der Waals surface area contributed by atoms with Crippen LogP contribution in [-0.2, 0) is 4.79 Å². The number of halogens is 2. The molecule has 0 fully saturated rings. The Morgan fingerprint density at radius 1 is 1.60 bits per heavy atom. The van der Waals surface area contributed by atoms with Crippen molar-refractivity contribution in [3.05, 3.63) is 29.6 Å². The number of amides is 1. The van der Waals surface area contributed by atoms with Crippen molar-refractivity contribution in [1.29, 1.82) is 0 Å². The van der Waals surface area contributed by atoms with E-state index in [4.69, 9.17) is 5.73 Å². The molecule has 0 saturated heterocycles. The molecular weight excluding hydrogens is 269 g/mol. The second-order valence-electron chi connectivity index (χ2n) is 2.64. The topological polar surface area (TPSA) is 69.4 Å². The van der Waals surface area contributed by atoms with Crippen molar-refractivity contribution in [2.24, 2.45) is 5.73 Å². The number of hydrogen-bond acceptors (Lipinski definition) is 3. The lowest BCUT2D eigenvalue weighted by Crippen LogP contribution is -2.16. The average Bonchev–Trinajstić information content (AvgIpc) is 2.19. The van der Waals surface area contributed by atoms with E-state index in [9.17, 15) is 14.0 Å². The number of hydrogen-bond donors (Lipinski definition) is 1. The molecule has 0 aromatic heterocycles. The molecule has 2 N–H and O–H groups in total. The molecule has 0 spiro atoms. The zero-order valence-electron chi connectivity index (χ0n) is 7.44. The maximum atomic E-state index is 13.2. The maximum absolute atomic E-state index is 13.2. The molecule has 6 heteroatoms. The molecule has 1 aromatic carbocycles. The second-order valence-corrected chi connectivity index (χ2v) is 3.63. The van der Waals surface area contributed by atoms with E-state index in [0.29, 0.717) is 6.29 Å². The lowest BCUT2D eigenvalue weighted by molar-refractivity contribution is -0.107. The third kappa shape index (κ3) is 3.02. The Morgan fingerprint density at radius 2 is 2.27 bits per heavy atom. The van der Waals surface area contributed by atoms with Crippen LogP contribution in [0.2, 0.25) is 0 Å². The Hall–Kier alpha value is -1.43. The summed E-state index contributed by atoms with van der Waals surface area (Å²) in [7, 11) is 0. The van der Waals surface area contributed by atoms with Crippen LogP contribution in [0.3, 0.4) is 0 Å². The highest BCUT2D eigenvalue weighted by atomic mass is 79.9. The van der Waals surface area contributed by atoms with Crippen LogP contribution in [0.1, 0.15) is 10.4 Å². The van der Waals surface area contributed by atoms with Crippen LogP contribution in [-0.4, -0.2) is 12.4 Å². The predicted molar refractivity (Wildman–Crippen MR) is 54.3 cm³/mol. The molecule has 80 valence electrons. The van der Waals surface area contributed by atoms with E-state index < -0.39 is 16.7 Å². The minimum Gasteiger partial charge on any atom is -0.410 e. The molecule has 15 heavy (non-hydrogen) atoms. The first-order valence-corrected chi connectivity index (χ1v) is 4.82. The van der Waals surface area contributed by atoms with Gasteiger partial charge in [0.2, 0.25) is 0 Å². The number of carbonyl (C=O) groups is 2. The van der Waals surface area contributed by atoms with Crippen LogP contribution in [0.4, 0.5) is 9.18 Å². The Balaban J connectivity index is 3.04. The first-order valence-electron chi connectivity index (χ1n) is 3.90.